The van der Waals surface area contributed by atoms with E-state index in [1.165, 1.54) is 12.1 Å². The smallest absolute Gasteiger partial charge is 0.416 e. The molecule has 2 aromatic carbocycles. The van der Waals surface area contributed by atoms with Gasteiger partial charge in [0.05, 0.1) is 18.3 Å². The van der Waals surface area contributed by atoms with Gasteiger partial charge in [0.1, 0.15) is 12.4 Å². The Morgan fingerprint density at radius 2 is 1.82 bits per heavy atom. The zero-order valence-electron chi connectivity index (χ0n) is 19.1. The summed E-state index contributed by atoms with van der Waals surface area (Å²) in [6, 6.07) is 9.67. The summed E-state index contributed by atoms with van der Waals surface area (Å²) in [6.07, 6.45) is -6.50. The van der Waals surface area contributed by atoms with Gasteiger partial charge in [0.15, 0.2) is 6.10 Å². The predicted octanol–water partition coefficient (Wildman–Crippen LogP) is 4.95. The lowest BCUT2D eigenvalue weighted by atomic mass is 10.0. The minimum Gasteiger partial charge on any atom is -0.493 e. The van der Waals surface area contributed by atoms with Gasteiger partial charge >= 0.3 is 18.2 Å². The normalized spacial score (nSPS) is 12.3. The molecule has 0 saturated carbocycles. The Morgan fingerprint density at radius 3 is 2.44 bits per heavy atom. The number of carboxylic acid groups (broad SMARTS) is 1. The monoisotopic (exact) mass is 483 g/mol. The molecular formula is C24H28F3NO6. The molecule has 0 bridgehead atoms. The first-order valence-electron chi connectivity index (χ1n) is 10.7. The number of carbonyl (C=O) groups is 2. The Bertz CT molecular complexity index is 977. The summed E-state index contributed by atoms with van der Waals surface area (Å²) in [6.45, 7) is 5.31. The highest BCUT2D eigenvalue weighted by Gasteiger charge is 2.30. The van der Waals surface area contributed by atoms with Crippen LogP contribution >= 0.6 is 0 Å². The van der Waals surface area contributed by atoms with Crippen LogP contribution < -0.4 is 10.1 Å². The van der Waals surface area contributed by atoms with E-state index in [0.29, 0.717) is 23.5 Å². The first-order valence-corrected chi connectivity index (χ1v) is 10.7. The summed E-state index contributed by atoms with van der Waals surface area (Å²) in [5, 5.41) is 11.8. The first-order chi connectivity index (χ1) is 16.0. The zero-order valence-corrected chi connectivity index (χ0v) is 19.1. The maximum Gasteiger partial charge on any atom is 0.416 e. The van der Waals surface area contributed by atoms with Gasteiger partial charge in [-0.2, -0.15) is 13.2 Å². The maximum atomic E-state index is 12.8. The molecule has 2 rings (SSSR count). The minimum absolute atomic E-state index is 0.106. The average Bonchev–Trinajstić information content (AvgIpc) is 2.76. The third-order valence-corrected chi connectivity index (χ3v) is 4.61. The van der Waals surface area contributed by atoms with Crippen molar-refractivity contribution in [3.05, 3.63) is 64.7 Å². The maximum absolute atomic E-state index is 12.8. The largest absolute Gasteiger partial charge is 0.493 e. The van der Waals surface area contributed by atoms with E-state index in [1.807, 2.05) is 0 Å². The molecule has 34 heavy (non-hydrogen) atoms. The number of nitrogens with one attached hydrogen (secondary N) is 1. The lowest BCUT2D eigenvalue weighted by Crippen LogP contribution is -2.29. The highest BCUT2D eigenvalue weighted by Crippen LogP contribution is 2.29. The molecule has 0 radical (unpaired) electrons. The van der Waals surface area contributed by atoms with Crippen LogP contribution in [0.3, 0.4) is 0 Å². The molecule has 10 heteroatoms. The fourth-order valence-electron chi connectivity index (χ4n) is 3.13. The van der Waals surface area contributed by atoms with E-state index in [0.717, 1.165) is 12.1 Å². The van der Waals surface area contributed by atoms with Gasteiger partial charge in [-0.3, -0.25) is 0 Å². The van der Waals surface area contributed by atoms with E-state index < -0.39 is 29.9 Å². The molecule has 1 unspecified atom stereocenters. The summed E-state index contributed by atoms with van der Waals surface area (Å²) in [5.41, 5.74) is 0.634. The second-order valence-corrected chi connectivity index (χ2v) is 7.72. The number of halogens is 3. The van der Waals surface area contributed by atoms with Crippen molar-refractivity contribution in [2.75, 3.05) is 6.61 Å². The standard InChI is InChI=1S/C24H28F3NO6/c1-4-32-20-9-8-16(12-21(22(29)30)34-15(2)3)10-18(20)14-33-23(31)28-13-17-6-5-7-19(11-17)24(25,26)27/h5-11,15,21H,4,12-14H2,1-3H3,(H,28,31)(H,29,30). The molecule has 1 amide bonds. The van der Waals surface area contributed by atoms with Gasteiger partial charge in [-0.15, -0.1) is 0 Å². The zero-order chi connectivity index (χ0) is 25.3. The van der Waals surface area contributed by atoms with Crippen LogP contribution in [-0.4, -0.2) is 36.0 Å². The van der Waals surface area contributed by atoms with Gasteiger partial charge in [-0.1, -0.05) is 18.2 Å². The number of ether oxygens (including phenoxy) is 3. The second kappa shape index (κ2) is 12.3. The van der Waals surface area contributed by atoms with Gasteiger partial charge in [0.2, 0.25) is 0 Å². The van der Waals surface area contributed by atoms with Crippen molar-refractivity contribution in [1.82, 2.24) is 5.32 Å². The van der Waals surface area contributed by atoms with Crippen LogP contribution in [-0.2, 0) is 40.0 Å². The third kappa shape index (κ3) is 8.58. The van der Waals surface area contributed by atoms with Crippen molar-refractivity contribution < 1.29 is 42.1 Å². The van der Waals surface area contributed by atoms with Gasteiger partial charge in [0, 0.05) is 18.5 Å². The van der Waals surface area contributed by atoms with E-state index in [2.05, 4.69) is 5.32 Å². The van der Waals surface area contributed by atoms with Crippen LogP contribution in [0.15, 0.2) is 42.5 Å². The second-order valence-electron chi connectivity index (χ2n) is 7.72. The van der Waals surface area contributed by atoms with E-state index in [9.17, 15) is 27.9 Å². The number of rotatable bonds is 11. The molecule has 0 fully saturated rings. The van der Waals surface area contributed by atoms with Crippen LogP contribution in [0.4, 0.5) is 18.0 Å². The van der Waals surface area contributed by atoms with Gasteiger partial charge in [-0.05, 0) is 56.2 Å². The molecule has 0 aliphatic heterocycles. The number of hydrogen-bond acceptors (Lipinski definition) is 5. The van der Waals surface area contributed by atoms with Crippen LogP contribution in [0.5, 0.6) is 5.75 Å². The Hall–Kier alpha value is -3.27. The van der Waals surface area contributed by atoms with E-state index in [1.54, 1.807) is 39.0 Å². The number of hydrogen-bond donors (Lipinski definition) is 2. The molecule has 186 valence electrons. The minimum atomic E-state index is -4.48. The third-order valence-electron chi connectivity index (χ3n) is 4.61. The van der Waals surface area contributed by atoms with Crippen molar-refractivity contribution in [2.45, 2.75) is 58.7 Å². The molecule has 7 nitrogen and oxygen atoms in total. The van der Waals surface area contributed by atoms with Gasteiger partial charge in [0.25, 0.3) is 0 Å². The van der Waals surface area contributed by atoms with Crippen molar-refractivity contribution >= 4 is 12.1 Å². The van der Waals surface area contributed by atoms with Crippen molar-refractivity contribution in [3.63, 3.8) is 0 Å². The molecule has 0 aliphatic rings. The van der Waals surface area contributed by atoms with Crippen LogP contribution in [0.25, 0.3) is 0 Å². The number of benzene rings is 2. The summed E-state index contributed by atoms with van der Waals surface area (Å²) in [7, 11) is 0. The molecule has 2 N–H and O–H groups in total. The number of alkyl carbamates (subject to hydrolysis) is 1. The molecular weight excluding hydrogens is 455 g/mol. The lowest BCUT2D eigenvalue weighted by molar-refractivity contribution is -0.153. The average molecular weight is 483 g/mol. The quantitative estimate of drug-likeness (QED) is 0.470. The summed E-state index contributed by atoms with van der Waals surface area (Å²) < 4.78 is 54.7. The van der Waals surface area contributed by atoms with Gasteiger partial charge in [-0.25, -0.2) is 9.59 Å². The van der Waals surface area contributed by atoms with E-state index >= 15 is 0 Å². The van der Waals surface area contributed by atoms with Crippen LogP contribution in [0, 0.1) is 0 Å². The summed E-state index contributed by atoms with van der Waals surface area (Å²) in [5.74, 6) is -0.622. The van der Waals surface area contributed by atoms with E-state index in [4.69, 9.17) is 14.2 Å². The SMILES string of the molecule is CCOc1ccc(CC(OC(C)C)C(=O)O)cc1COC(=O)NCc1cccc(C(F)(F)F)c1. The van der Waals surface area contributed by atoms with Crippen LogP contribution in [0.1, 0.15) is 43.0 Å². The summed E-state index contributed by atoms with van der Waals surface area (Å²) >= 11 is 0. The topological polar surface area (TPSA) is 94.1 Å². The molecule has 0 aromatic heterocycles. The Kier molecular flexibility index (Phi) is 9.73. The Balaban J connectivity index is 2.03. The highest BCUT2D eigenvalue weighted by molar-refractivity contribution is 5.72. The predicted molar refractivity (Wildman–Crippen MR) is 117 cm³/mol. The number of amides is 1. The molecule has 2 aromatic rings. The van der Waals surface area contributed by atoms with Crippen molar-refractivity contribution in [3.8, 4) is 5.75 Å². The van der Waals surface area contributed by atoms with E-state index in [-0.39, 0.29) is 31.2 Å². The molecule has 0 saturated heterocycles. The van der Waals surface area contributed by atoms with Crippen molar-refractivity contribution in [2.24, 2.45) is 0 Å². The number of aliphatic carboxylic acids is 1. The Labute approximate surface area is 195 Å². The fraction of sp³-hybridized carbons (Fsp3) is 0.417. The molecule has 0 heterocycles. The molecule has 0 aliphatic carbocycles. The highest BCUT2D eigenvalue weighted by atomic mass is 19.4. The van der Waals surface area contributed by atoms with Gasteiger partial charge < -0.3 is 24.6 Å². The number of carboxylic acids is 1. The van der Waals surface area contributed by atoms with Crippen LogP contribution in [0.2, 0.25) is 0 Å². The molecule has 1 atom stereocenters. The number of alkyl halides is 3. The Morgan fingerprint density at radius 1 is 1.09 bits per heavy atom. The fourth-order valence-corrected chi connectivity index (χ4v) is 3.13. The first kappa shape index (κ1) is 27.0. The summed E-state index contributed by atoms with van der Waals surface area (Å²) in [4.78, 5) is 23.6. The number of carbonyl (C=O) groups excluding carboxylic acids is 1. The molecule has 0 spiro atoms. The van der Waals surface area contributed by atoms with Crippen molar-refractivity contribution in [1.29, 1.82) is 0 Å². The lowest BCUT2D eigenvalue weighted by Gasteiger charge is -2.18.